The van der Waals surface area contributed by atoms with Gasteiger partial charge in [-0.3, -0.25) is 14.4 Å². The van der Waals surface area contributed by atoms with E-state index >= 15 is 0 Å². The monoisotopic (exact) mass is 419 g/mol. The van der Waals surface area contributed by atoms with E-state index in [4.69, 9.17) is 11.6 Å². The lowest BCUT2D eigenvalue weighted by molar-refractivity contribution is -0.117. The zero-order valence-electron chi connectivity index (χ0n) is 16.7. The molecule has 0 fully saturated rings. The van der Waals surface area contributed by atoms with Crippen molar-refractivity contribution >= 4 is 34.9 Å². The summed E-state index contributed by atoms with van der Waals surface area (Å²) in [6.07, 6.45) is 1.37. The first-order valence-corrected chi connectivity index (χ1v) is 9.84. The lowest BCUT2D eigenvalue weighted by atomic mass is 10.0. The van der Waals surface area contributed by atoms with Crippen LogP contribution in [0.2, 0.25) is 5.02 Å². The minimum absolute atomic E-state index is 0.0102. The summed E-state index contributed by atoms with van der Waals surface area (Å²) in [6.45, 7) is 7.18. The molecule has 3 rings (SSSR count). The van der Waals surface area contributed by atoms with Crippen LogP contribution in [0.1, 0.15) is 65.3 Å². The second-order valence-electron chi connectivity index (χ2n) is 7.59. The number of aromatic nitrogens is 1. The number of Topliss-reactive ketones (excluding diaryl/α,β-unsaturated/α-hetero) is 1. The van der Waals surface area contributed by atoms with Gasteiger partial charge in [0.05, 0.1) is 10.6 Å². The number of benzene rings is 1. The number of rotatable bonds is 5. The molecular formula is C21H23ClFN3O3. The molecule has 1 aromatic carbocycles. The molecule has 1 unspecified atom stereocenters. The van der Waals surface area contributed by atoms with Crippen LogP contribution in [-0.2, 0) is 11.2 Å². The number of amides is 2. The smallest absolute Gasteiger partial charge is 0.292 e. The minimum Gasteiger partial charge on any atom is -0.347 e. The van der Waals surface area contributed by atoms with Crippen molar-refractivity contribution in [1.82, 2.24) is 9.88 Å². The molecule has 2 N–H and O–H groups in total. The summed E-state index contributed by atoms with van der Waals surface area (Å²) in [5.41, 5.74) is 2.11. The number of anilines is 1. The highest BCUT2D eigenvalue weighted by atomic mass is 35.5. The SMILES string of the molecule is Cc1c(C(=O)C(=O)NC(C)C)c2n(c1C(=O)Nc1ccc(F)c(Cl)c1)C(C)CC2. The van der Waals surface area contributed by atoms with Crippen LogP contribution in [-0.4, -0.2) is 28.2 Å². The quantitative estimate of drug-likeness (QED) is 0.566. The highest BCUT2D eigenvalue weighted by Gasteiger charge is 2.35. The summed E-state index contributed by atoms with van der Waals surface area (Å²) in [5, 5.41) is 5.22. The topological polar surface area (TPSA) is 80.2 Å². The van der Waals surface area contributed by atoms with E-state index in [2.05, 4.69) is 10.6 Å². The Balaban J connectivity index is 2.01. The Morgan fingerprint density at radius 3 is 2.59 bits per heavy atom. The van der Waals surface area contributed by atoms with Crippen LogP contribution in [0.4, 0.5) is 10.1 Å². The molecule has 0 saturated carbocycles. The van der Waals surface area contributed by atoms with Crippen molar-refractivity contribution in [3.63, 3.8) is 0 Å². The normalized spacial score (nSPS) is 15.3. The van der Waals surface area contributed by atoms with Crippen molar-refractivity contribution in [2.24, 2.45) is 0 Å². The molecule has 0 saturated heterocycles. The van der Waals surface area contributed by atoms with E-state index in [1.54, 1.807) is 20.8 Å². The summed E-state index contributed by atoms with van der Waals surface area (Å²) in [4.78, 5) is 38.2. The second-order valence-corrected chi connectivity index (χ2v) is 8.00. The molecule has 1 atom stereocenters. The van der Waals surface area contributed by atoms with Crippen molar-refractivity contribution in [2.75, 3.05) is 5.32 Å². The number of hydrogen-bond acceptors (Lipinski definition) is 3. The zero-order valence-corrected chi connectivity index (χ0v) is 17.5. The molecule has 2 heterocycles. The Morgan fingerprint density at radius 2 is 1.97 bits per heavy atom. The van der Waals surface area contributed by atoms with Crippen molar-refractivity contribution in [2.45, 2.75) is 52.6 Å². The number of hydrogen-bond donors (Lipinski definition) is 2. The first-order chi connectivity index (χ1) is 13.6. The third-order valence-electron chi connectivity index (χ3n) is 5.04. The van der Waals surface area contributed by atoms with Crippen LogP contribution in [0.25, 0.3) is 0 Å². The Kier molecular flexibility index (Phi) is 5.80. The summed E-state index contributed by atoms with van der Waals surface area (Å²) in [7, 11) is 0. The predicted molar refractivity (Wildman–Crippen MR) is 109 cm³/mol. The molecule has 29 heavy (non-hydrogen) atoms. The molecule has 2 aromatic rings. The highest BCUT2D eigenvalue weighted by molar-refractivity contribution is 6.43. The molecule has 1 aliphatic rings. The van der Waals surface area contributed by atoms with Crippen molar-refractivity contribution in [3.05, 3.63) is 51.6 Å². The van der Waals surface area contributed by atoms with Crippen LogP contribution < -0.4 is 10.6 Å². The molecule has 2 amide bonds. The average Bonchev–Trinajstić information content (AvgIpc) is 3.13. The van der Waals surface area contributed by atoms with Gasteiger partial charge in [-0.25, -0.2) is 4.39 Å². The zero-order chi connectivity index (χ0) is 21.5. The molecule has 1 aromatic heterocycles. The second kappa shape index (κ2) is 7.99. The van der Waals surface area contributed by atoms with Gasteiger partial charge in [0, 0.05) is 23.5 Å². The van der Waals surface area contributed by atoms with Gasteiger partial charge in [-0.05, 0) is 64.3 Å². The molecule has 0 bridgehead atoms. The third kappa shape index (κ3) is 3.92. The Morgan fingerprint density at radius 1 is 1.28 bits per heavy atom. The molecular weight excluding hydrogens is 397 g/mol. The van der Waals surface area contributed by atoms with Gasteiger partial charge < -0.3 is 15.2 Å². The van der Waals surface area contributed by atoms with Crippen LogP contribution in [0.3, 0.4) is 0 Å². The predicted octanol–water partition coefficient (Wildman–Crippen LogP) is 4.06. The Bertz CT molecular complexity index is 1010. The maximum absolute atomic E-state index is 13.4. The first kappa shape index (κ1) is 21.0. The number of ketones is 1. The van der Waals surface area contributed by atoms with Crippen LogP contribution >= 0.6 is 11.6 Å². The summed E-state index contributed by atoms with van der Waals surface area (Å²) in [6, 6.07) is 3.74. The Labute approximate surface area is 173 Å². The molecule has 0 spiro atoms. The lowest BCUT2D eigenvalue weighted by Crippen LogP contribution is -2.36. The van der Waals surface area contributed by atoms with Gasteiger partial charge >= 0.3 is 0 Å². The fourth-order valence-corrected chi connectivity index (χ4v) is 3.94. The van der Waals surface area contributed by atoms with E-state index < -0.39 is 23.4 Å². The maximum Gasteiger partial charge on any atom is 0.292 e. The molecule has 0 radical (unpaired) electrons. The number of carbonyl (C=O) groups excluding carboxylic acids is 3. The standard InChI is InChI=1S/C21H23ClFN3O3/c1-10(2)24-21(29)19(27)17-12(4)18(26-11(3)5-8-16(17)26)20(28)25-13-6-7-15(23)14(22)9-13/h6-7,9-11H,5,8H2,1-4H3,(H,24,29)(H,25,28). The van der Waals surface area contributed by atoms with Gasteiger partial charge in [-0.2, -0.15) is 0 Å². The number of nitrogens with zero attached hydrogens (tertiary/aromatic N) is 1. The minimum atomic E-state index is -0.687. The molecule has 6 nitrogen and oxygen atoms in total. The van der Waals surface area contributed by atoms with Crippen molar-refractivity contribution in [3.8, 4) is 0 Å². The van der Waals surface area contributed by atoms with E-state index in [1.165, 1.54) is 18.2 Å². The van der Waals surface area contributed by atoms with Gasteiger partial charge in [0.1, 0.15) is 11.5 Å². The van der Waals surface area contributed by atoms with Crippen LogP contribution in [0.5, 0.6) is 0 Å². The third-order valence-corrected chi connectivity index (χ3v) is 5.33. The van der Waals surface area contributed by atoms with Crippen molar-refractivity contribution < 1.29 is 18.8 Å². The fourth-order valence-electron chi connectivity index (χ4n) is 3.76. The van der Waals surface area contributed by atoms with E-state index in [1.807, 2.05) is 11.5 Å². The van der Waals surface area contributed by atoms with Crippen molar-refractivity contribution in [1.29, 1.82) is 0 Å². The molecule has 8 heteroatoms. The largest absolute Gasteiger partial charge is 0.347 e. The van der Waals surface area contributed by atoms with Gasteiger partial charge in [-0.15, -0.1) is 0 Å². The number of fused-ring (bicyclic) bond motifs is 1. The van der Waals surface area contributed by atoms with Gasteiger partial charge in [0.15, 0.2) is 0 Å². The van der Waals surface area contributed by atoms with E-state index in [-0.39, 0.29) is 22.7 Å². The van der Waals surface area contributed by atoms with E-state index in [0.717, 1.165) is 6.42 Å². The fraction of sp³-hybridized carbons (Fsp3) is 0.381. The summed E-state index contributed by atoms with van der Waals surface area (Å²) < 4.78 is 15.2. The number of halogens is 2. The summed E-state index contributed by atoms with van der Waals surface area (Å²) >= 11 is 5.79. The molecule has 0 aliphatic carbocycles. The van der Waals surface area contributed by atoms with E-state index in [9.17, 15) is 18.8 Å². The maximum atomic E-state index is 13.4. The first-order valence-electron chi connectivity index (χ1n) is 9.47. The van der Waals surface area contributed by atoms with Gasteiger partial charge in [0.2, 0.25) is 0 Å². The van der Waals surface area contributed by atoms with Gasteiger partial charge in [0.25, 0.3) is 17.6 Å². The number of carbonyl (C=O) groups is 3. The lowest BCUT2D eigenvalue weighted by Gasteiger charge is -2.13. The van der Waals surface area contributed by atoms with Crippen LogP contribution in [0, 0.1) is 12.7 Å². The van der Waals surface area contributed by atoms with Crippen LogP contribution in [0.15, 0.2) is 18.2 Å². The molecule has 1 aliphatic heterocycles. The number of nitrogens with one attached hydrogen (secondary N) is 2. The highest BCUT2D eigenvalue weighted by Crippen LogP contribution is 2.36. The molecule has 154 valence electrons. The van der Waals surface area contributed by atoms with Gasteiger partial charge in [-0.1, -0.05) is 11.6 Å². The van der Waals surface area contributed by atoms with E-state index in [0.29, 0.717) is 29.1 Å². The average molecular weight is 420 g/mol. The summed E-state index contributed by atoms with van der Waals surface area (Å²) in [5.74, 6) is -2.35. The Hall–Kier alpha value is -2.67.